The van der Waals surface area contributed by atoms with E-state index in [1.165, 1.54) is 19.1 Å². The number of hydrogen-bond acceptors (Lipinski definition) is 3. The van der Waals surface area contributed by atoms with Crippen LogP contribution in [0, 0.1) is 0 Å². The van der Waals surface area contributed by atoms with Crippen LogP contribution in [-0.4, -0.2) is 21.3 Å². The van der Waals surface area contributed by atoms with Gasteiger partial charge in [-0.1, -0.05) is 6.07 Å². The molecule has 1 atom stereocenters. The zero-order valence-electron chi connectivity index (χ0n) is 7.06. The van der Waals surface area contributed by atoms with E-state index >= 15 is 0 Å². The first-order valence-electron chi connectivity index (χ1n) is 3.76. The summed E-state index contributed by atoms with van der Waals surface area (Å²) in [5.74, 6) is -1.30. The number of aliphatic hydroxyl groups excluding tert-OH is 1. The van der Waals surface area contributed by atoms with E-state index in [0.29, 0.717) is 5.56 Å². The van der Waals surface area contributed by atoms with Gasteiger partial charge in [0.15, 0.2) is 0 Å². The van der Waals surface area contributed by atoms with Crippen LogP contribution in [0.25, 0.3) is 0 Å². The number of aromatic hydroxyl groups is 1. The number of rotatable bonds is 2. The van der Waals surface area contributed by atoms with Gasteiger partial charge in [0.25, 0.3) is 0 Å². The molecule has 3 N–H and O–H groups in total. The molecule has 0 aliphatic carbocycles. The molecule has 0 saturated heterocycles. The van der Waals surface area contributed by atoms with Crippen LogP contribution in [0.3, 0.4) is 0 Å². The van der Waals surface area contributed by atoms with E-state index in [0.717, 1.165) is 6.07 Å². The average Bonchev–Trinajstić information content (AvgIpc) is 2.03. The molecule has 1 aromatic carbocycles. The average molecular weight is 182 g/mol. The molecule has 4 heteroatoms. The van der Waals surface area contributed by atoms with Crippen molar-refractivity contribution in [3.05, 3.63) is 29.3 Å². The third kappa shape index (κ3) is 1.97. The van der Waals surface area contributed by atoms with Crippen molar-refractivity contribution in [3.8, 4) is 5.75 Å². The van der Waals surface area contributed by atoms with Crippen LogP contribution in [-0.2, 0) is 0 Å². The predicted molar refractivity (Wildman–Crippen MR) is 45.7 cm³/mol. The van der Waals surface area contributed by atoms with Gasteiger partial charge in [0.2, 0.25) is 0 Å². The molecule has 0 fully saturated rings. The van der Waals surface area contributed by atoms with Crippen molar-refractivity contribution in [2.45, 2.75) is 13.0 Å². The second kappa shape index (κ2) is 3.45. The van der Waals surface area contributed by atoms with E-state index in [4.69, 9.17) is 10.2 Å². The van der Waals surface area contributed by atoms with Crippen LogP contribution >= 0.6 is 0 Å². The Balaban J connectivity index is 3.13. The number of aliphatic hydroxyl groups is 1. The van der Waals surface area contributed by atoms with Crippen LogP contribution in [0.1, 0.15) is 28.9 Å². The quantitative estimate of drug-likeness (QED) is 0.641. The summed E-state index contributed by atoms with van der Waals surface area (Å²) in [6.45, 7) is 1.50. The van der Waals surface area contributed by atoms with E-state index in [1.807, 2.05) is 0 Å². The largest absolute Gasteiger partial charge is 0.508 e. The second-order valence-corrected chi connectivity index (χ2v) is 2.75. The van der Waals surface area contributed by atoms with E-state index < -0.39 is 12.1 Å². The van der Waals surface area contributed by atoms with E-state index in [1.54, 1.807) is 0 Å². The van der Waals surface area contributed by atoms with E-state index in [9.17, 15) is 9.90 Å². The van der Waals surface area contributed by atoms with Crippen LogP contribution in [0.4, 0.5) is 0 Å². The molecule has 0 amide bonds. The lowest BCUT2D eigenvalue weighted by Gasteiger charge is -2.07. The first-order chi connectivity index (χ1) is 6.02. The Bertz CT molecular complexity index is 330. The molecule has 1 aromatic rings. The second-order valence-electron chi connectivity index (χ2n) is 2.75. The van der Waals surface area contributed by atoms with Gasteiger partial charge in [-0.05, 0) is 19.1 Å². The third-order valence-electron chi connectivity index (χ3n) is 1.73. The zero-order valence-corrected chi connectivity index (χ0v) is 7.06. The lowest BCUT2D eigenvalue weighted by Crippen LogP contribution is -1.98. The first kappa shape index (κ1) is 9.54. The van der Waals surface area contributed by atoms with Crippen molar-refractivity contribution in [1.29, 1.82) is 0 Å². The normalized spacial score (nSPS) is 12.5. The molecule has 0 saturated carbocycles. The number of aromatic carboxylic acids is 1. The van der Waals surface area contributed by atoms with Gasteiger partial charge < -0.3 is 15.3 Å². The summed E-state index contributed by atoms with van der Waals surface area (Å²) in [5, 5.41) is 27.0. The third-order valence-corrected chi connectivity index (χ3v) is 1.73. The maximum absolute atomic E-state index is 10.5. The van der Waals surface area contributed by atoms with Gasteiger partial charge in [-0.15, -0.1) is 0 Å². The first-order valence-corrected chi connectivity index (χ1v) is 3.76. The fourth-order valence-electron chi connectivity index (χ4n) is 1.03. The highest BCUT2D eigenvalue weighted by molar-refractivity contribution is 5.88. The Kier molecular flexibility index (Phi) is 2.53. The van der Waals surface area contributed by atoms with Crippen molar-refractivity contribution in [2.75, 3.05) is 0 Å². The molecule has 0 radical (unpaired) electrons. The highest BCUT2D eigenvalue weighted by atomic mass is 16.4. The maximum Gasteiger partial charge on any atom is 0.335 e. The van der Waals surface area contributed by atoms with Crippen LogP contribution < -0.4 is 0 Å². The minimum Gasteiger partial charge on any atom is -0.508 e. The summed E-state index contributed by atoms with van der Waals surface area (Å²) < 4.78 is 0. The molecule has 0 aliphatic heterocycles. The topological polar surface area (TPSA) is 77.8 Å². The number of hydrogen-bond donors (Lipinski definition) is 3. The molecule has 0 bridgehead atoms. The number of benzene rings is 1. The van der Waals surface area contributed by atoms with Gasteiger partial charge in [0, 0.05) is 5.56 Å². The summed E-state index contributed by atoms with van der Waals surface area (Å²) in [5.41, 5.74) is 0.326. The molecule has 0 aliphatic rings. The standard InChI is InChI=1S/C9H10O4/c1-5(10)7-3-2-6(9(12)13)4-8(7)11/h2-5,10-11H,1H3,(H,12,13). The Morgan fingerprint density at radius 1 is 1.46 bits per heavy atom. The van der Waals surface area contributed by atoms with Crippen molar-refractivity contribution in [3.63, 3.8) is 0 Å². The summed E-state index contributed by atoms with van der Waals surface area (Å²) >= 11 is 0. The zero-order chi connectivity index (χ0) is 10.0. The molecule has 0 aromatic heterocycles. The van der Waals surface area contributed by atoms with Crippen molar-refractivity contribution in [1.82, 2.24) is 0 Å². The molecule has 70 valence electrons. The van der Waals surface area contributed by atoms with Crippen molar-refractivity contribution >= 4 is 5.97 Å². The van der Waals surface area contributed by atoms with Gasteiger partial charge in [-0.3, -0.25) is 0 Å². The molecular weight excluding hydrogens is 172 g/mol. The number of carbonyl (C=O) groups is 1. The highest BCUT2D eigenvalue weighted by Gasteiger charge is 2.10. The lowest BCUT2D eigenvalue weighted by atomic mass is 10.1. The number of phenols is 1. The minimum atomic E-state index is -1.10. The molecule has 0 heterocycles. The lowest BCUT2D eigenvalue weighted by molar-refractivity contribution is 0.0696. The molecular formula is C9H10O4. The number of phenolic OH excluding ortho intramolecular Hbond substituents is 1. The van der Waals surface area contributed by atoms with E-state index in [2.05, 4.69) is 0 Å². The Morgan fingerprint density at radius 2 is 2.08 bits per heavy atom. The van der Waals surface area contributed by atoms with Gasteiger partial charge in [-0.25, -0.2) is 4.79 Å². The highest BCUT2D eigenvalue weighted by Crippen LogP contribution is 2.24. The van der Waals surface area contributed by atoms with E-state index in [-0.39, 0.29) is 11.3 Å². The number of carboxylic acid groups (broad SMARTS) is 1. The summed E-state index contributed by atoms with van der Waals surface area (Å²) in [4.78, 5) is 10.5. The molecule has 0 spiro atoms. The predicted octanol–water partition coefficient (Wildman–Crippen LogP) is 1.14. The van der Waals surface area contributed by atoms with Gasteiger partial charge >= 0.3 is 5.97 Å². The Labute approximate surface area is 75.1 Å². The van der Waals surface area contributed by atoms with Gasteiger partial charge in [-0.2, -0.15) is 0 Å². The fraction of sp³-hybridized carbons (Fsp3) is 0.222. The summed E-state index contributed by atoms with van der Waals surface area (Å²) in [7, 11) is 0. The van der Waals surface area contributed by atoms with Gasteiger partial charge in [0.1, 0.15) is 5.75 Å². The van der Waals surface area contributed by atoms with Crippen molar-refractivity contribution in [2.24, 2.45) is 0 Å². The smallest absolute Gasteiger partial charge is 0.335 e. The molecule has 4 nitrogen and oxygen atoms in total. The summed E-state index contributed by atoms with van der Waals surface area (Å²) in [6, 6.07) is 3.85. The molecule has 13 heavy (non-hydrogen) atoms. The number of carboxylic acids is 1. The minimum absolute atomic E-state index is 0.00176. The van der Waals surface area contributed by atoms with Gasteiger partial charge in [0.05, 0.1) is 11.7 Å². The fourth-order valence-corrected chi connectivity index (χ4v) is 1.03. The molecule has 1 rings (SSSR count). The Hall–Kier alpha value is -1.55. The van der Waals surface area contributed by atoms with Crippen LogP contribution in [0.15, 0.2) is 18.2 Å². The SMILES string of the molecule is CC(O)c1ccc(C(=O)O)cc1O. The monoisotopic (exact) mass is 182 g/mol. The van der Waals surface area contributed by atoms with Crippen LogP contribution in [0.5, 0.6) is 5.75 Å². The summed E-state index contributed by atoms with van der Waals surface area (Å²) in [6.07, 6.45) is -0.803. The van der Waals surface area contributed by atoms with Crippen LogP contribution in [0.2, 0.25) is 0 Å². The van der Waals surface area contributed by atoms with Crippen molar-refractivity contribution < 1.29 is 20.1 Å². The maximum atomic E-state index is 10.5. The Morgan fingerprint density at radius 3 is 2.46 bits per heavy atom. The molecule has 1 unspecified atom stereocenters.